The summed E-state index contributed by atoms with van der Waals surface area (Å²) in [6.45, 7) is 0. The number of carbonyl (C=O) groups is 1. The van der Waals surface area contributed by atoms with Gasteiger partial charge in [0, 0.05) is 5.92 Å². The van der Waals surface area contributed by atoms with Gasteiger partial charge in [-0.2, -0.15) is 0 Å². The first-order valence-corrected chi connectivity index (χ1v) is 4.96. The summed E-state index contributed by atoms with van der Waals surface area (Å²) >= 11 is 5.86. The second-order valence-electron chi connectivity index (χ2n) is 3.50. The monoisotopic (exact) mass is 215 g/mol. The molecule has 1 aliphatic rings. The first kappa shape index (κ1) is 9.52. The number of hydrogen-bond donors (Lipinski definition) is 1. The van der Waals surface area contributed by atoms with Crippen molar-refractivity contribution in [2.75, 3.05) is 0 Å². The fraction of sp³-hybridized carbons (Fsp3) is 0.556. The third-order valence-electron chi connectivity index (χ3n) is 2.60. The Balaban J connectivity index is 2.30. The van der Waals surface area contributed by atoms with Crippen LogP contribution in [0.5, 0.6) is 0 Å². The Bertz CT molecular complexity index is 355. The minimum absolute atomic E-state index is 0.171. The van der Waals surface area contributed by atoms with E-state index in [0.29, 0.717) is 5.69 Å². The third kappa shape index (κ3) is 1.50. The zero-order chi connectivity index (χ0) is 10.1. The fourth-order valence-electron chi connectivity index (χ4n) is 1.88. The molecule has 0 atom stereocenters. The molecule has 1 fully saturated rings. The standard InChI is InChI=1S/C9H10ClNO3/c10-6-7(5-3-1-2-4-5)11-14-8(6)9(12)13/h5H,1-4H2,(H,12,13). The lowest BCUT2D eigenvalue weighted by atomic mass is 10.0. The second kappa shape index (κ2) is 3.61. The van der Waals surface area contributed by atoms with Gasteiger partial charge in [0.05, 0.1) is 0 Å². The van der Waals surface area contributed by atoms with E-state index in [-0.39, 0.29) is 16.7 Å². The molecule has 14 heavy (non-hydrogen) atoms. The van der Waals surface area contributed by atoms with Crippen molar-refractivity contribution < 1.29 is 14.4 Å². The van der Waals surface area contributed by atoms with Crippen LogP contribution in [0.4, 0.5) is 0 Å². The topological polar surface area (TPSA) is 63.3 Å². The van der Waals surface area contributed by atoms with Gasteiger partial charge in [-0.3, -0.25) is 0 Å². The van der Waals surface area contributed by atoms with Gasteiger partial charge in [-0.05, 0) is 12.8 Å². The van der Waals surface area contributed by atoms with Crippen LogP contribution in [0.25, 0.3) is 0 Å². The van der Waals surface area contributed by atoms with E-state index < -0.39 is 5.97 Å². The van der Waals surface area contributed by atoms with E-state index in [1.54, 1.807) is 0 Å². The van der Waals surface area contributed by atoms with Crippen molar-refractivity contribution in [3.63, 3.8) is 0 Å². The lowest BCUT2D eigenvalue weighted by molar-refractivity contribution is 0.0652. The van der Waals surface area contributed by atoms with Crippen LogP contribution in [0.1, 0.15) is 47.8 Å². The summed E-state index contributed by atoms with van der Waals surface area (Å²) in [5.41, 5.74) is 0.613. The largest absolute Gasteiger partial charge is 0.475 e. The predicted octanol–water partition coefficient (Wildman–Crippen LogP) is 2.68. The average Bonchev–Trinajstić information content (AvgIpc) is 2.71. The van der Waals surface area contributed by atoms with Crippen molar-refractivity contribution in [3.05, 3.63) is 16.5 Å². The maximum Gasteiger partial charge on any atom is 0.376 e. The molecular weight excluding hydrogens is 206 g/mol. The summed E-state index contributed by atoms with van der Waals surface area (Å²) in [6.07, 6.45) is 4.34. The van der Waals surface area contributed by atoms with Crippen molar-refractivity contribution in [2.45, 2.75) is 31.6 Å². The van der Waals surface area contributed by atoms with Crippen LogP contribution >= 0.6 is 11.6 Å². The quantitative estimate of drug-likeness (QED) is 0.824. The number of nitrogens with zero attached hydrogens (tertiary/aromatic N) is 1. The molecule has 0 aromatic carbocycles. The highest BCUT2D eigenvalue weighted by Gasteiger charge is 2.27. The Morgan fingerprint density at radius 3 is 2.64 bits per heavy atom. The van der Waals surface area contributed by atoms with Crippen molar-refractivity contribution >= 4 is 17.6 Å². The molecule has 1 N–H and O–H groups in total. The zero-order valence-corrected chi connectivity index (χ0v) is 8.25. The average molecular weight is 216 g/mol. The maximum atomic E-state index is 10.6. The lowest BCUT2D eigenvalue weighted by Gasteiger charge is -2.02. The smallest absolute Gasteiger partial charge is 0.376 e. The molecule has 0 unspecified atom stereocenters. The highest BCUT2D eigenvalue weighted by molar-refractivity contribution is 6.33. The molecule has 0 bridgehead atoms. The molecule has 5 heteroatoms. The van der Waals surface area contributed by atoms with E-state index >= 15 is 0 Å². The minimum atomic E-state index is -1.16. The van der Waals surface area contributed by atoms with Crippen LogP contribution in [0, 0.1) is 0 Å². The predicted molar refractivity (Wildman–Crippen MR) is 49.7 cm³/mol. The van der Waals surface area contributed by atoms with Gasteiger partial charge in [0.25, 0.3) is 5.76 Å². The second-order valence-corrected chi connectivity index (χ2v) is 3.88. The fourth-order valence-corrected chi connectivity index (χ4v) is 2.18. The molecule has 0 amide bonds. The lowest BCUT2D eigenvalue weighted by Crippen LogP contribution is -1.96. The van der Waals surface area contributed by atoms with Gasteiger partial charge in [0.1, 0.15) is 10.7 Å². The van der Waals surface area contributed by atoms with Crippen molar-refractivity contribution in [1.29, 1.82) is 0 Å². The zero-order valence-electron chi connectivity index (χ0n) is 7.49. The highest BCUT2D eigenvalue weighted by atomic mass is 35.5. The molecule has 1 aliphatic carbocycles. The SMILES string of the molecule is O=C(O)c1onc(C2CCCC2)c1Cl. The van der Waals surface area contributed by atoms with E-state index in [1.165, 1.54) is 0 Å². The van der Waals surface area contributed by atoms with Crippen LogP contribution in [0.15, 0.2) is 4.52 Å². The summed E-state index contributed by atoms with van der Waals surface area (Å²) in [5, 5.41) is 12.6. The van der Waals surface area contributed by atoms with Crippen LogP contribution in [0.2, 0.25) is 5.02 Å². The number of aromatic nitrogens is 1. The van der Waals surface area contributed by atoms with Gasteiger partial charge in [0.15, 0.2) is 0 Å². The van der Waals surface area contributed by atoms with Crippen molar-refractivity contribution in [2.24, 2.45) is 0 Å². The number of hydrogen-bond acceptors (Lipinski definition) is 3. The van der Waals surface area contributed by atoms with E-state index in [0.717, 1.165) is 25.7 Å². The van der Waals surface area contributed by atoms with E-state index in [1.807, 2.05) is 0 Å². The molecule has 2 rings (SSSR count). The maximum absolute atomic E-state index is 10.6. The van der Waals surface area contributed by atoms with Gasteiger partial charge in [-0.15, -0.1) is 0 Å². The van der Waals surface area contributed by atoms with Crippen LogP contribution in [-0.2, 0) is 0 Å². The normalized spacial score (nSPS) is 17.5. The number of rotatable bonds is 2. The van der Waals surface area contributed by atoms with Crippen LogP contribution in [-0.4, -0.2) is 16.2 Å². The molecule has 1 saturated carbocycles. The first-order valence-electron chi connectivity index (χ1n) is 4.58. The Labute approximate surface area is 85.8 Å². The number of carboxylic acid groups (broad SMARTS) is 1. The van der Waals surface area contributed by atoms with Gasteiger partial charge >= 0.3 is 5.97 Å². The Kier molecular flexibility index (Phi) is 2.46. The Hall–Kier alpha value is -1.03. The number of halogens is 1. The molecule has 1 aromatic rings. The molecule has 1 heterocycles. The summed E-state index contributed by atoms with van der Waals surface area (Å²) in [4.78, 5) is 10.6. The molecule has 4 nitrogen and oxygen atoms in total. The van der Waals surface area contributed by atoms with E-state index in [9.17, 15) is 4.79 Å². The molecule has 0 spiro atoms. The highest BCUT2D eigenvalue weighted by Crippen LogP contribution is 2.37. The van der Waals surface area contributed by atoms with Crippen LogP contribution < -0.4 is 0 Å². The first-order chi connectivity index (χ1) is 6.70. The van der Waals surface area contributed by atoms with E-state index in [2.05, 4.69) is 9.68 Å². The number of carboxylic acids is 1. The minimum Gasteiger partial charge on any atom is -0.475 e. The van der Waals surface area contributed by atoms with E-state index in [4.69, 9.17) is 16.7 Å². The summed E-state index contributed by atoms with van der Waals surface area (Å²) in [5.74, 6) is -1.13. The van der Waals surface area contributed by atoms with Crippen molar-refractivity contribution in [3.8, 4) is 0 Å². The molecule has 0 saturated heterocycles. The Morgan fingerprint density at radius 1 is 1.50 bits per heavy atom. The third-order valence-corrected chi connectivity index (χ3v) is 2.96. The van der Waals surface area contributed by atoms with Crippen molar-refractivity contribution in [1.82, 2.24) is 5.16 Å². The van der Waals surface area contributed by atoms with Gasteiger partial charge in [0.2, 0.25) is 0 Å². The summed E-state index contributed by atoms with van der Waals surface area (Å²) in [7, 11) is 0. The van der Waals surface area contributed by atoms with Gasteiger partial charge in [-0.1, -0.05) is 29.6 Å². The molecule has 1 aromatic heterocycles. The van der Waals surface area contributed by atoms with Gasteiger partial charge in [-0.25, -0.2) is 4.79 Å². The molecule has 0 aliphatic heterocycles. The molecular formula is C9H10ClNO3. The summed E-state index contributed by atoms with van der Waals surface area (Å²) in [6, 6.07) is 0. The molecule has 0 radical (unpaired) electrons. The number of aromatic carboxylic acids is 1. The Morgan fingerprint density at radius 2 is 2.14 bits per heavy atom. The molecule has 76 valence electrons. The van der Waals surface area contributed by atoms with Crippen LogP contribution in [0.3, 0.4) is 0 Å². The van der Waals surface area contributed by atoms with Gasteiger partial charge < -0.3 is 9.63 Å². The summed E-state index contributed by atoms with van der Waals surface area (Å²) < 4.78 is 4.69.